The van der Waals surface area contributed by atoms with Gasteiger partial charge in [0.05, 0.1) is 18.8 Å². The van der Waals surface area contributed by atoms with Gasteiger partial charge in [-0.1, -0.05) is 15.9 Å². The largest absolute Gasteiger partial charge is 0.492 e. The minimum absolute atomic E-state index is 0.0823. The second-order valence-electron chi connectivity index (χ2n) is 3.95. The zero-order valence-electron chi connectivity index (χ0n) is 10.6. The number of rotatable bonds is 6. The van der Waals surface area contributed by atoms with Gasteiger partial charge in [-0.2, -0.15) is 0 Å². The molecule has 4 nitrogen and oxygen atoms in total. The van der Waals surface area contributed by atoms with Crippen molar-refractivity contribution in [3.63, 3.8) is 0 Å². The first-order valence-corrected chi connectivity index (χ1v) is 6.87. The van der Waals surface area contributed by atoms with Crippen molar-refractivity contribution in [1.82, 2.24) is 0 Å². The van der Waals surface area contributed by atoms with E-state index in [1.807, 2.05) is 31.2 Å². The topological polar surface area (TPSA) is 54.6 Å². The van der Waals surface area contributed by atoms with Crippen LogP contribution in [0.1, 0.15) is 18.4 Å². The highest BCUT2D eigenvalue weighted by Gasteiger charge is 2.06. The Bertz CT molecular complexity index is 539. The number of hydrogen-bond acceptors (Lipinski definition) is 4. The van der Waals surface area contributed by atoms with Gasteiger partial charge in [0.1, 0.15) is 23.9 Å². The molecule has 0 amide bonds. The Morgan fingerprint density at radius 1 is 1.26 bits per heavy atom. The normalized spacial score (nSPS) is 10.5. The summed E-state index contributed by atoms with van der Waals surface area (Å²) in [6, 6.07) is 9.42. The Balaban J connectivity index is 2.07. The molecular weight excluding hydrogens is 310 g/mol. The first-order chi connectivity index (χ1) is 9.22. The zero-order valence-corrected chi connectivity index (χ0v) is 12.2. The summed E-state index contributed by atoms with van der Waals surface area (Å²) in [7, 11) is 0. The molecule has 102 valence electrons. The predicted octanol–water partition coefficient (Wildman–Crippen LogP) is 3.55. The van der Waals surface area contributed by atoms with Gasteiger partial charge in [0.25, 0.3) is 0 Å². The van der Waals surface area contributed by atoms with Crippen molar-refractivity contribution in [3.05, 3.63) is 46.3 Å². The van der Waals surface area contributed by atoms with Gasteiger partial charge < -0.3 is 19.6 Å². The number of nitrogens with one attached hydrogen (secondary N) is 1. The summed E-state index contributed by atoms with van der Waals surface area (Å²) in [6.07, 6.45) is 0. The minimum atomic E-state index is -0.0823. The van der Waals surface area contributed by atoms with Gasteiger partial charge in [-0.15, -0.1) is 0 Å². The lowest BCUT2D eigenvalue weighted by atomic mass is 10.3. The van der Waals surface area contributed by atoms with Gasteiger partial charge in [0.15, 0.2) is 0 Å². The van der Waals surface area contributed by atoms with Crippen molar-refractivity contribution < 1.29 is 14.3 Å². The maximum Gasteiger partial charge on any atom is 0.142 e. The SMILES string of the molecule is CCOc1ccc(Br)cc1NCc1ccc(CO)o1. The van der Waals surface area contributed by atoms with Crippen LogP contribution in [0.4, 0.5) is 5.69 Å². The molecule has 0 saturated heterocycles. The summed E-state index contributed by atoms with van der Waals surface area (Å²) in [6.45, 7) is 3.02. The molecule has 0 aliphatic heterocycles. The van der Waals surface area contributed by atoms with E-state index in [1.165, 1.54) is 0 Å². The molecule has 1 aromatic heterocycles. The van der Waals surface area contributed by atoms with Crippen LogP contribution in [-0.4, -0.2) is 11.7 Å². The van der Waals surface area contributed by atoms with E-state index in [9.17, 15) is 0 Å². The molecule has 2 rings (SSSR count). The maximum atomic E-state index is 8.95. The fraction of sp³-hybridized carbons (Fsp3) is 0.286. The molecule has 0 bridgehead atoms. The fourth-order valence-corrected chi connectivity index (χ4v) is 2.07. The standard InChI is InChI=1S/C14H16BrNO3/c1-2-18-14-6-3-10(15)7-13(14)16-8-11-4-5-12(9-17)19-11/h3-7,16-17H,2,8-9H2,1H3. The van der Waals surface area contributed by atoms with E-state index in [2.05, 4.69) is 21.2 Å². The molecule has 19 heavy (non-hydrogen) atoms. The van der Waals surface area contributed by atoms with Crippen molar-refractivity contribution >= 4 is 21.6 Å². The zero-order chi connectivity index (χ0) is 13.7. The lowest BCUT2D eigenvalue weighted by molar-refractivity contribution is 0.244. The van der Waals surface area contributed by atoms with Crippen LogP contribution < -0.4 is 10.1 Å². The van der Waals surface area contributed by atoms with Crippen LogP contribution in [0.15, 0.2) is 39.2 Å². The second-order valence-corrected chi connectivity index (χ2v) is 4.87. The summed E-state index contributed by atoms with van der Waals surface area (Å²) < 4.78 is 12.0. The molecule has 0 aliphatic rings. The molecule has 5 heteroatoms. The van der Waals surface area contributed by atoms with Gasteiger partial charge in [0, 0.05) is 4.47 Å². The molecule has 0 unspecified atom stereocenters. The number of halogens is 1. The maximum absolute atomic E-state index is 8.95. The van der Waals surface area contributed by atoms with Gasteiger partial charge in [-0.25, -0.2) is 0 Å². The fourth-order valence-electron chi connectivity index (χ4n) is 1.71. The van der Waals surface area contributed by atoms with Crippen LogP contribution in [-0.2, 0) is 13.2 Å². The van der Waals surface area contributed by atoms with Crippen molar-refractivity contribution in [3.8, 4) is 5.75 Å². The van der Waals surface area contributed by atoms with Crippen molar-refractivity contribution in [1.29, 1.82) is 0 Å². The molecule has 0 fully saturated rings. The van der Waals surface area contributed by atoms with Gasteiger partial charge in [0.2, 0.25) is 0 Å². The van der Waals surface area contributed by atoms with Gasteiger partial charge in [-0.3, -0.25) is 0 Å². The summed E-state index contributed by atoms with van der Waals surface area (Å²) in [5, 5.41) is 12.2. The molecule has 0 aliphatic carbocycles. The number of furan rings is 1. The van der Waals surface area contributed by atoms with Crippen LogP contribution >= 0.6 is 15.9 Å². The monoisotopic (exact) mass is 325 g/mol. The average Bonchev–Trinajstić information content (AvgIpc) is 2.87. The summed E-state index contributed by atoms with van der Waals surface area (Å²) in [4.78, 5) is 0. The van der Waals surface area contributed by atoms with Crippen molar-refractivity contribution in [2.24, 2.45) is 0 Å². The Labute approximate surface area is 120 Å². The van der Waals surface area contributed by atoms with Crippen molar-refractivity contribution in [2.75, 3.05) is 11.9 Å². The molecular formula is C14H16BrNO3. The molecule has 0 atom stereocenters. The molecule has 2 N–H and O–H groups in total. The molecule has 0 radical (unpaired) electrons. The van der Waals surface area contributed by atoms with Crippen LogP contribution in [0.25, 0.3) is 0 Å². The average molecular weight is 326 g/mol. The van der Waals surface area contributed by atoms with E-state index in [1.54, 1.807) is 6.07 Å². The minimum Gasteiger partial charge on any atom is -0.492 e. The highest BCUT2D eigenvalue weighted by atomic mass is 79.9. The van der Waals surface area contributed by atoms with Crippen LogP contribution in [0.2, 0.25) is 0 Å². The molecule has 0 spiro atoms. The van der Waals surface area contributed by atoms with E-state index in [0.717, 1.165) is 21.7 Å². The number of aliphatic hydroxyl groups excluding tert-OH is 1. The van der Waals surface area contributed by atoms with Crippen molar-refractivity contribution in [2.45, 2.75) is 20.1 Å². The quantitative estimate of drug-likeness (QED) is 0.852. The first kappa shape index (κ1) is 14.0. The number of ether oxygens (including phenoxy) is 1. The molecule has 1 aromatic carbocycles. The number of aliphatic hydroxyl groups is 1. The third kappa shape index (κ3) is 3.75. The lowest BCUT2D eigenvalue weighted by Crippen LogP contribution is -2.02. The Morgan fingerprint density at radius 2 is 2.05 bits per heavy atom. The van der Waals surface area contributed by atoms with Gasteiger partial charge in [-0.05, 0) is 37.3 Å². The Hall–Kier alpha value is -1.46. The van der Waals surface area contributed by atoms with E-state index in [-0.39, 0.29) is 6.61 Å². The Kier molecular flexibility index (Phi) is 4.87. The first-order valence-electron chi connectivity index (χ1n) is 6.07. The third-order valence-electron chi connectivity index (χ3n) is 2.57. The van der Waals surface area contributed by atoms with Crippen LogP contribution in [0.3, 0.4) is 0 Å². The van der Waals surface area contributed by atoms with E-state index in [4.69, 9.17) is 14.3 Å². The summed E-state index contributed by atoms with van der Waals surface area (Å²) in [5.41, 5.74) is 0.901. The lowest BCUT2D eigenvalue weighted by Gasteiger charge is -2.12. The predicted molar refractivity (Wildman–Crippen MR) is 77.3 cm³/mol. The summed E-state index contributed by atoms with van der Waals surface area (Å²) >= 11 is 3.44. The second kappa shape index (κ2) is 6.63. The number of benzene rings is 1. The Morgan fingerprint density at radius 3 is 2.74 bits per heavy atom. The highest BCUT2D eigenvalue weighted by Crippen LogP contribution is 2.28. The van der Waals surface area contributed by atoms with Gasteiger partial charge >= 0.3 is 0 Å². The van der Waals surface area contributed by atoms with Crippen LogP contribution in [0.5, 0.6) is 5.75 Å². The van der Waals surface area contributed by atoms with E-state index < -0.39 is 0 Å². The van der Waals surface area contributed by atoms with Crippen LogP contribution in [0, 0.1) is 0 Å². The molecule has 1 heterocycles. The number of anilines is 1. The molecule has 0 saturated carbocycles. The highest BCUT2D eigenvalue weighted by molar-refractivity contribution is 9.10. The molecule has 2 aromatic rings. The number of hydrogen-bond donors (Lipinski definition) is 2. The smallest absolute Gasteiger partial charge is 0.142 e. The van der Waals surface area contributed by atoms with E-state index in [0.29, 0.717) is 18.9 Å². The summed E-state index contributed by atoms with van der Waals surface area (Å²) in [5.74, 6) is 2.14. The third-order valence-corrected chi connectivity index (χ3v) is 3.06. The van der Waals surface area contributed by atoms with E-state index >= 15 is 0 Å².